The molecule has 1 aromatic heterocycles. The average molecular weight is 391 g/mol. The second-order valence-corrected chi connectivity index (χ2v) is 6.92. The molecule has 0 fully saturated rings. The number of carbonyl (C=O) groups excluding carboxylic acids is 1. The number of nitrogens with zero attached hydrogens (tertiary/aromatic N) is 1. The first-order valence-electron chi connectivity index (χ1n) is 7.84. The van der Waals surface area contributed by atoms with Crippen molar-refractivity contribution in [1.29, 1.82) is 0 Å². The first-order chi connectivity index (χ1) is 12.4. The van der Waals surface area contributed by atoms with Gasteiger partial charge in [0.25, 0.3) is 0 Å². The fraction of sp³-hybridized carbons (Fsp3) is 0.158. The fourth-order valence-corrected chi connectivity index (χ4v) is 3.50. The summed E-state index contributed by atoms with van der Waals surface area (Å²) in [4.78, 5) is 24.5. The van der Waals surface area contributed by atoms with E-state index in [9.17, 15) is 14.0 Å². The van der Waals surface area contributed by atoms with Gasteiger partial charge in [0.1, 0.15) is 5.82 Å². The Morgan fingerprint density at radius 2 is 2.08 bits per heavy atom. The minimum atomic E-state index is -0.396. The Morgan fingerprint density at radius 1 is 1.31 bits per heavy atom. The second-order valence-electron chi connectivity index (χ2n) is 5.92. The molecule has 134 valence electrons. The number of Topliss-reactive ketones (excluding diaryl/α,β-unsaturated/α-hetero) is 1. The molecule has 0 atom stereocenters. The SMILES string of the molecule is CC(=O)c1cn(CSN)c2ccc(Cc3c(F)cccc3Cl)cc2c1=O. The molecular weight excluding hydrogens is 375 g/mol. The van der Waals surface area contributed by atoms with Crippen molar-refractivity contribution in [1.82, 2.24) is 4.57 Å². The van der Waals surface area contributed by atoms with E-state index in [1.165, 1.54) is 19.2 Å². The summed E-state index contributed by atoms with van der Waals surface area (Å²) in [5.41, 5.74) is 1.53. The third-order valence-corrected chi connectivity index (χ3v) is 4.96. The zero-order valence-electron chi connectivity index (χ0n) is 14.0. The van der Waals surface area contributed by atoms with Crippen molar-refractivity contribution in [2.45, 2.75) is 19.2 Å². The molecule has 1 heterocycles. The summed E-state index contributed by atoms with van der Waals surface area (Å²) in [6.07, 6.45) is 1.77. The van der Waals surface area contributed by atoms with Gasteiger partial charge in [-0.3, -0.25) is 14.7 Å². The number of hydrogen-bond acceptors (Lipinski definition) is 4. The number of pyridine rings is 1. The number of carbonyl (C=O) groups is 1. The van der Waals surface area contributed by atoms with Gasteiger partial charge in [0, 0.05) is 28.6 Å². The topological polar surface area (TPSA) is 65.1 Å². The summed E-state index contributed by atoms with van der Waals surface area (Å²) in [6.45, 7) is 1.35. The van der Waals surface area contributed by atoms with E-state index < -0.39 is 5.82 Å². The van der Waals surface area contributed by atoms with Crippen LogP contribution in [0.2, 0.25) is 5.02 Å². The maximum atomic E-state index is 14.1. The lowest BCUT2D eigenvalue weighted by Crippen LogP contribution is -2.18. The molecule has 0 amide bonds. The molecule has 3 rings (SSSR count). The lowest BCUT2D eigenvalue weighted by molar-refractivity contribution is 0.101. The van der Waals surface area contributed by atoms with Crippen molar-refractivity contribution in [3.8, 4) is 0 Å². The smallest absolute Gasteiger partial charge is 0.200 e. The molecule has 0 aliphatic carbocycles. The number of fused-ring (bicyclic) bond motifs is 1. The van der Waals surface area contributed by atoms with Crippen LogP contribution in [0, 0.1) is 5.82 Å². The number of benzene rings is 2. The highest BCUT2D eigenvalue weighted by Crippen LogP contribution is 2.24. The van der Waals surface area contributed by atoms with Crippen molar-refractivity contribution in [3.05, 3.63) is 80.3 Å². The quantitative estimate of drug-likeness (QED) is 0.525. The summed E-state index contributed by atoms with van der Waals surface area (Å²) < 4.78 is 15.8. The van der Waals surface area contributed by atoms with Gasteiger partial charge in [0.2, 0.25) is 0 Å². The molecule has 0 unspecified atom stereocenters. The number of halogens is 2. The van der Waals surface area contributed by atoms with E-state index in [4.69, 9.17) is 16.7 Å². The van der Waals surface area contributed by atoms with Gasteiger partial charge < -0.3 is 4.57 Å². The molecule has 0 radical (unpaired) electrons. The first kappa shape index (κ1) is 18.6. The van der Waals surface area contributed by atoms with E-state index in [0.29, 0.717) is 27.4 Å². The fourth-order valence-electron chi connectivity index (χ4n) is 2.90. The van der Waals surface area contributed by atoms with Crippen LogP contribution < -0.4 is 10.6 Å². The minimum Gasteiger partial charge on any atom is -0.335 e. The summed E-state index contributed by atoms with van der Waals surface area (Å²) in [5, 5.41) is 6.29. The molecule has 0 aliphatic rings. The monoisotopic (exact) mass is 390 g/mol. The Bertz CT molecular complexity index is 1050. The van der Waals surface area contributed by atoms with Crippen LogP contribution in [-0.2, 0) is 12.3 Å². The minimum absolute atomic E-state index is 0.104. The molecule has 2 aromatic carbocycles. The highest BCUT2D eigenvalue weighted by Gasteiger charge is 2.14. The average Bonchev–Trinajstić information content (AvgIpc) is 2.60. The van der Waals surface area contributed by atoms with Crippen LogP contribution >= 0.6 is 23.5 Å². The van der Waals surface area contributed by atoms with Gasteiger partial charge in [-0.05, 0) is 36.8 Å². The predicted molar refractivity (Wildman–Crippen MR) is 104 cm³/mol. The van der Waals surface area contributed by atoms with E-state index in [1.54, 1.807) is 28.8 Å². The van der Waals surface area contributed by atoms with Crippen LogP contribution in [0.15, 0.2) is 47.4 Å². The molecule has 0 saturated heterocycles. The lowest BCUT2D eigenvalue weighted by atomic mass is 10.0. The number of rotatable bonds is 5. The molecule has 0 spiro atoms. The summed E-state index contributed by atoms with van der Waals surface area (Å²) in [5.74, 6) is -0.308. The van der Waals surface area contributed by atoms with Gasteiger partial charge in [-0.1, -0.05) is 35.7 Å². The van der Waals surface area contributed by atoms with Gasteiger partial charge >= 0.3 is 0 Å². The van der Waals surface area contributed by atoms with Gasteiger partial charge in [0.15, 0.2) is 11.2 Å². The zero-order valence-corrected chi connectivity index (χ0v) is 15.5. The summed E-state index contributed by atoms with van der Waals surface area (Å²) >= 11 is 7.18. The van der Waals surface area contributed by atoms with Crippen LogP contribution in [0.4, 0.5) is 4.39 Å². The molecule has 4 nitrogen and oxygen atoms in total. The van der Waals surface area contributed by atoms with Crippen LogP contribution in [0.1, 0.15) is 28.4 Å². The largest absolute Gasteiger partial charge is 0.335 e. The van der Waals surface area contributed by atoms with E-state index >= 15 is 0 Å². The van der Waals surface area contributed by atoms with Crippen LogP contribution in [0.3, 0.4) is 0 Å². The second kappa shape index (κ2) is 7.61. The van der Waals surface area contributed by atoms with Crippen LogP contribution in [0.25, 0.3) is 10.9 Å². The van der Waals surface area contributed by atoms with Crippen molar-refractivity contribution in [2.75, 3.05) is 0 Å². The van der Waals surface area contributed by atoms with E-state index in [1.807, 2.05) is 6.07 Å². The normalized spacial score (nSPS) is 11.1. The Labute approximate surface area is 158 Å². The first-order valence-corrected chi connectivity index (χ1v) is 9.26. The van der Waals surface area contributed by atoms with Crippen molar-refractivity contribution in [3.63, 3.8) is 0 Å². The Hall–Kier alpha value is -2.15. The summed E-state index contributed by atoms with van der Waals surface area (Å²) in [6, 6.07) is 9.80. The molecule has 3 aromatic rings. The predicted octanol–water partition coefficient (Wildman–Crippen LogP) is 4.15. The molecule has 0 bridgehead atoms. The molecule has 2 N–H and O–H groups in total. The van der Waals surface area contributed by atoms with Crippen molar-refractivity contribution >= 4 is 40.2 Å². The van der Waals surface area contributed by atoms with Gasteiger partial charge in [-0.2, -0.15) is 0 Å². The molecule has 26 heavy (non-hydrogen) atoms. The third-order valence-electron chi connectivity index (χ3n) is 4.18. The van der Waals surface area contributed by atoms with Crippen molar-refractivity contribution in [2.24, 2.45) is 5.14 Å². The molecule has 0 aliphatic heterocycles. The van der Waals surface area contributed by atoms with Crippen LogP contribution in [0.5, 0.6) is 0 Å². The van der Waals surface area contributed by atoms with Gasteiger partial charge in [-0.15, -0.1) is 0 Å². The Kier molecular flexibility index (Phi) is 5.46. The Morgan fingerprint density at radius 3 is 2.73 bits per heavy atom. The van der Waals surface area contributed by atoms with Crippen LogP contribution in [-0.4, -0.2) is 10.4 Å². The van der Waals surface area contributed by atoms with Gasteiger partial charge in [-0.25, -0.2) is 4.39 Å². The maximum Gasteiger partial charge on any atom is 0.200 e. The summed E-state index contributed by atoms with van der Waals surface area (Å²) in [7, 11) is 0. The molecule has 0 saturated carbocycles. The third kappa shape index (κ3) is 3.53. The lowest BCUT2D eigenvalue weighted by Gasteiger charge is -2.13. The number of ketones is 1. The number of aromatic nitrogens is 1. The number of nitrogens with two attached hydrogens (primary N) is 1. The molecule has 7 heteroatoms. The van der Waals surface area contributed by atoms with E-state index in [-0.39, 0.29) is 23.2 Å². The van der Waals surface area contributed by atoms with E-state index in [0.717, 1.165) is 17.5 Å². The van der Waals surface area contributed by atoms with E-state index in [2.05, 4.69) is 0 Å². The highest BCUT2D eigenvalue weighted by atomic mass is 35.5. The van der Waals surface area contributed by atoms with Gasteiger partial charge in [0.05, 0.1) is 17.0 Å². The zero-order chi connectivity index (χ0) is 18.8. The highest BCUT2D eigenvalue weighted by molar-refractivity contribution is 7.96. The maximum absolute atomic E-state index is 14.1. The standard InChI is InChI=1S/C19H16ClFN2O2S/c1-11(24)15-9-23(10-26-22)18-6-5-12(8-14(18)19(15)25)7-13-16(20)3-2-4-17(13)21/h2-6,8-9H,7,10,22H2,1H3. The molecular formula is C19H16ClFN2O2S. The number of hydrogen-bond donors (Lipinski definition) is 1. The van der Waals surface area contributed by atoms with Crippen molar-refractivity contribution < 1.29 is 9.18 Å². The Balaban J connectivity index is 2.17.